The molecule has 0 atom stereocenters. The molecular formula is C23H27ClFN7O2. The summed E-state index contributed by atoms with van der Waals surface area (Å²) in [6.07, 6.45) is 6.25. The smallest absolute Gasteiger partial charge is 0.224 e. The maximum Gasteiger partial charge on any atom is 0.224 e. The summed E-state index contributed by atoms with van der Waals surface area (Å²) < 4.78 is 22.0. The number of imidazole rings is 1. The first kappa shape index (κ1) is 22.8. The molecule has 180 valence electrons. The van der Waals surface area contributed by atoms with E-state index in [0.717, 1.165) is 25.7 Å². The van der Waals surface area contributed by atoms with Crippen molar-refractivity contribution in [3.63, 3.8) is 0 Å². The van der Waals surface area contributed by atoms with Crippen LogP contribution in [0.4, 0.5) is 22.0 Å². The number of amides is 1. The average molecular weight is 488 g/mol. The van der Waals surface area contributed by atoms with Crippen molar-refractivity contribution in [3.8, 4) is 0 Å². The van der Waals surface area contributed by atoms with E-state index in [2.05, 4.69) is 20.6 Å². The summed E-state index contributed by atoms with van der Waals surface area (Å²) in [4.78, 5) is 25.6. The number of rotatable bonds is 6. The number of benzene rings is 1. The van der Waals surface area contributed by atoms with Gasteiger partial charge in [0.15, 0.2) is 5.65 Å². The summed E-state index contributed by atoms with van der Waals surface area (Å²) >= 11 is 6.26. The van der Waals surface area contributed by atoms with E-state index in [1.54, 1.807) is 18.3 Å². The average Bonchev–Trinajstić information content (AvgIpc) is 3.19. The zero-order valence-electron chi connectivity index (χ0n) is 18.6. The second-order valence-electron chi connectivity index (χ2n) is 8.87. The second kappa shape index (κ2) is 9.71. The van der Waals surface area contributed by atoms with E-state index in [9.17, 15) is 9.18 Å². The van der Waals surface area contributed by atoms with E-state index in [4.69, 9.17) is 27.1 Å². The minimum absolute atomic E-state index is 0.0134. The molecule has 0 unspecified atom stereocenters. The lowest BCUT2D eigenvalue weighted by Crippen LogP contribution is -2.29. The highest BCUT2D eigenvalue weighted by molar-refractivity contribution is 6.33. The number of carbonyl (C=O) groups excluding carboxylic acids is 1. The van der Waals surface area contributed by atoms with Gasteiger partial charge in [-0.05, 0) is 50.7 Å². The number of nitrogens with zero attached hydrogens (tertiary/aromatic N) is 4. The number of ether oxygens (including phenoxy) is 1. The van der Waals surface area contributed by atoms with Gasteiger partial charge in [-0.15, -0.1) is 0 Å². The van der Waals surface area contributed by atoms with Crippen molar-refractivity contribution in [2.45, 2.75) is 50.6 Å². The molecule has 0 spiro atoms. The fourth-order valence-corrected chi connectivity index (χ4v) is 4.98. The quantitative estimate of drug-likeness (QED) is 0.477. The highest BCUT2D eigenvalue weighted by atomic mass is 35.5. The first-order valence-electron chi connectivity index (χ1n) is 11.6. The maximum atomic E-state index is 14.5. The normalized spacial score (nSPS) is 21.5. The van der Waals surface area contributed by atoms with Crippen LogP contribution < -0.4 is 16.4 Å². The molecule has 5 rings (SSSR count). The third kappa shape index (κ3) is 4.65. The van der Waals surface area contributed by atoms with Crippen LogP contribution in [0.2, 0.25) is 5.02 Å². The summed E-state index contributed by atoms with van der Waals surface area (Å²) in [6.45, 7) is 1.41. The Balaban J connectivity index is 1.52. The van der Waals surface area contributed by atoms with Crippen molar-refractivity contribution in [2.24, 2.45) is 11.7 Å². The summed E-state index contributed by atoms with van der Waals surface area (Å²) in [5.41, 5.74) is 6.91. The number of halogens is 2. The Bertz CT molecular complexity index is 1170. The molecule has 3 aromatic rings. The highest BCUT2D eigenvalue weighted by Crippen LogP contribution is 2.38. The van der Waals surface area contributed by atoms with Crippen molar-refractivity contribution in [3.05, 3.63) is 35.2 Å². The van der Waals surface area contributed by atoms with E-state index in [1.165, 1.54) is 6.07 Å². The topological polar surface area (TPSA) is 120 Å². The monoisotopic (exact) mass is 487 g/mol. The van der Waals surface area contributed by atoms with E-state index in [-0.39, 0.29) is 34.6 Å². The predicted octanol–water partition coefficient (Wildman–Crippen LogP) is 4.17. The van der Waals surface area contributed by atoms with Gasteiger partial charge in [-0.2, -0.15) is 4.98 Å². The van der Waals surface area contributed by atoms with Crippen LogP contribution in [-0.4, -0.2) is 44.7 Å². The van der Waals surface area contributed by atoms with Gasteiger partial charge >= 0.3 is 0 Å². The lowest BCUT2D eigenvalue weighted by molar-refractivity contribution is -0.122. The summed E-state index contributed by atoms with van der Waals surface area (Å²) in [5.74, 6) is 0.0694. The van der Waals surface area contributed by atoms with Crippen LogP contribution in [0.1, 0.15) is 44.6 Å². The van der Waals surface area contributed by atoms with Crippen molar-refractivity contribution in [1.82, 2.24) is 19.5 Å². The predicted molar refractivity (Wildman–Crippen MR) is 128 cm³/mol. The Kier molecular flexibility index (Phi) is 6.51. The van der Waals surface area contributed by atoms with Crippen LogP contribution in [0.3, 0.4) is 0 Å². The number of primary amides is 1. The van der Waals surface area contributed by atoms with E-state index in [0.29, 0.717) is 49.1 Å². The molecule has 2 aromatic heterocycles. The molecule has 1 aliphatic carbocycles. The number of nitrogens with two attached hydrogens (primary N) is 1. The van der Waals surface area contributed by atoms with Crippen molar-refractivity contribution >= 4 is 46.3 Å². The van der Waals surface area contributed by atoms with Crippen molar-refractivity contribution < 1.29 is 13.9 Å². The number of nitrogens with one attached hydrogen (secondary N) is 2. The van der Waals surface area contributed by atoms with Gasteiger partial charge in [-0.25, -0.2) is 14.4 Å². The molecule has 11 heteroatoms. The molecule has 34 heavy (non-hydrogen) atoms. The molecule has 1 aromatic carbocycles. The van der Waals surface area contributed by atoms with Gasteiger partial charge in [-0.1, -0.05) is 17.7 Å². The summed E-state index contributed by atoms with van der Waals surface area (Å²) in [7, 11) is 0. The Hall–Kier alpha value is -2.98. The summed E-state index contributed by atoms with van der Waals surface area (Å²) in [5, 5.41) is 6.73. The summed E-state index contributed by atoms with van der Waals surface area (Å²) in [6, 6.07) is 4.77. The van der Waals surface area contributed by atoms with Gasteiger partial charge in [0.25, 0.3) is 0 Å². The molecule has 0 bridgehead atoms. The maximum absolute atomic E-state index is 14.5. The van der Waals surface area contributed by atoms with Gasteiger partial charge < -0.3 is 21.1 Å². The lowest BCUT2D eigenvalue weighted by Gasteiger charge is -2.29. The largest absolute Gasteiger partial charge is 0.381 e. The fourth-order valence-electron chi connectivity index (χ4n) is 4.77. The zero-order chi connectivity index (χ0) is 23.7. The van der Waals surface area contributed by atoms with E-state index in [1.807, 2.05) is 4.57 Å². The van der Waals surface area contributed by atoms with Crippen LogP contribution in [0.5, 0.6) is 0 Å². The number of hydrogen-bond donors (Lipinski definition) is 3. The van der Waals surface area contributed by atoms with E-state index < -0.39 is 5.82 Å². The highest BCUT2D eigenvalue weighted by Gasteiger charge is 2.29. The SMILES string of the molecule is NC(=O)[C@H]1CC[C@H](n2c(Nc3c(F)cccc3Cl)nc3cnc(NC4CCOCC4)nc32)CC1. The van der Waals surface area contributed by atoms with Crippen molar-refractivity contribution in [1.29, 1.82) is 0 Å². The van der Waals surface area contributed by atoms with Gasteiger partial charge in [0.1, 0.15) is 11.3 Å². The number of aromatic nitrogens is 4. The third-order valence-corrected chi connectivity index (χ3v) is 6.97. The molecule has 3 heterocycles. The zero-order valence-corrected chi connectivity index (χ0v) is 19.4. The standard InChI is InChI=1S/C23H27ClFN7O2/c24-16-2-1-3-17(25)19(16)30-23-29-18-12-27-22(28-14-8-10-34-11-9-14)31-21(18)32(23)15-6-4-13(5-7-15)20(26)33/h1-3,12-15H,4-11H2,(H2,26,33)(H,29,30)(H,27,28,31)/t13-,15-. The first-order chi connectivity index (χ1) is 16.5. The molecule has 1 aliphatic heterocycles. The molecule has 0 radical (unpaired) electrons. The number of carbonyl (C=O) groups is 1. The Morgan fingerprint density at radius 1 is 1.15 bits per heavy atom. The van der Waals surface area contributed by atoms with Gasteiger partial charge in [0, 0.05) is 31.2 Å². The van der Waals surface area contributed by atoms with Crippen molar-refractivity contribution in [2.75, 3.05) is 23.8 Å². The van der Waals surface area contributed by atoms with Gasteiger partial charge in [-0.3, -0.25) is 9.36 Å². The number of fused-ring (bicyclic) bond motifs is 1. The van der Waals surface area contributed by atoms with Crippen LogP contribution >= 0.6 is 11.6 Å². The molecule has 1 amide bonds. The Morgan fingerprint density at radius 2 is 1.91 bits per heavy atom. The molecule has 2 fully saturated rings. The van der Waals surface area contributed by atoms with Crippen LogP contribution in [0.15, 0.2) is 24.4 Å². The molecular weight excluding hydrogens is 461 g/mol. The van der Waals surface area contributed by atoms with E-state index >= 15 is 0 Å². The Labute approximate surface area is 201 Å². The third-order valence-electron chi connectivity index (χ3n) is 6.65. The fraction of sp³-hybridized carbons (Fsp3) is 0.478. The van der Waals surface area contributed by atoms with Crippen LogP contribution in [-0.2, 0) is 9.53 Å². The minimum atomic E-state index is -0.475. The van der Waals surface area contributed by atoms with Gasteiger partial charge in [0.2, 0.25) is 17.8 Å². The first-order valence-corrected chi connectivity index (χ1v) is 12.0. The lowest BCUT2D eigenvalue weighted by atomic mass is 9.85. The number of anilines is 3. The van der Waals surface area contributed by atoms with Crippen LogP contribution in [0, 0.1) is 11.7 Å². The van der Waals surface area contributed by atoms with Crippen LogP contribution in [0.25, 0.3) is 11.2 Å². The molecule has 9 nitrogen and oxygen atoms in total. The molecule has 1 saturated carbocycles. The molecule has 1 saturated heterocycles. The van der Waals surface area contributed by atoms with Gasteiger partial charge in [0.05, 0.1) is 16.9 Å². The number of hydrogen-bond acceptors (Lipinski definition) is 7. The second-order valence-corrected chi connectivity index (χ2v) is 9.28. The minimum Gasteiger partial charge on any atom is -0.381 e. The number of para-hydroxylation sites is 1. The Morgan fingerprint density at radius 3 is 2.62 bits per heavy atom. The molecule has 2 aliphatic rings. The molecule has 4 N–H and O–H groups in total.